The van der Waals surface area contributed by atoms with Crippen molar-refractivity contribution in [3.63, 3.8) is 0 Å². The van der Waals surface area contributed by atoms with Gasteiger partial charge in [-0.3, -0.25) is 0 Å². The molecule has 0 fully saturated rings. The molecule has 4 heteroatoms. The second-order valence-electron chi connectivity index (χ2n) is 12.5. The van der Waals surface area contributed by atoms with Crippen molar-refractivity contribution >= 4 is 34.6 Å². The Morgan fingerprint density at radius 2 is 1.07 bits per heavy atom. The number of aryl methyl sites for hydroxylation is 2. The highest BCUT2D eigenvalue weighted by Gasteiger charge is 2.30. The monoisotopic (exact) mass is 600 g/mol. The molecule has 0 unspecified atom stereocenters. The van der Waals surface area contributed by atoms with Crippen LogP contribution in [0.15, 0.2) is 121 Å². The molecule has 0 saturated carbocycles. The predicted octanol–water partition coefficient (Wildman–Crippen LogP) is 10.5. The van der Waals surface area contributed by atoms with Crippen molar-refractivity contribution < 1.29 is 5.11 Å². The molecule has 0 aliphatic carbocycles. The maximum atomic E-state index is 10.2. The number of unbranched alkanes of at least 4 members (excludes halogenated alkanes) is 2. The smallest absolute Gasteiger partial charge is 0.406 e. The topological polar surface area (TPSA) is 44.3 Å². The first kappa shape index (κ1) is 29.7. The Morgan fingerprint density at radius 1 is 0.543 bits per heavy atom. The molecule has 0 saturated heterocycles. The Balaban J connectivity index is 1.44. The van der Waals surface area contributed by atoms with Gasteiger partial charge in [-0.05, 0) is 105 Å². The number of hydrogen-bond donors (Lipinski definition) is 3. The van der Waals surface area contributed by atoms with Crippen molar-refractivity contribution in [1.82, 2.24) is 0 Å². The number of phenols is 1. The Morgan fingerprint density at radius 3 is 1.61 bits per heavy atom. The van der Waals surface area contributed by atoms with E-state index in [2.05, 4.69) is 121 Å². The number of anilines is 2. The van der Waals surface area contributed by atoms with Gasteiger partial charge in [-0.2, -0.15) is 0 Å². The van der Waals surface area contributed by atoms with Crippen LogP contribution in [0.4, 0.5) is 11.4 Å². The Labute approximate surface area is 273 Å². The van der Waals surface area contributed by atoms with Crippen LogP contribution in [0.25, 0.3) is 44.2 Å². The fraction of sp³-hybridized carbons (Fsp3) is 0.190. The van der Waals surface area contributed by atoms with Gasteiger partial charge in [0, 0.05) is 16.8 Å². The molecule has 1 heterocycles. The average molecular weight is 601 g/mol. The molecule has 0 bridgehead atoms. The quantitative estimate of drug-likeness (QED) is 0.137. The molecular formula is C42H41BN2O. The maximum absolute atomic E-state index is 10.2. The van der Waals surface area contributed by atoms with Crippen molar-refractivity contribution in [2.45, 2.75) is 52.4 Å². The van der Waals surface area contributed by atoms with Crippen molar-refractivity contribution in [2.75, 3.05) is 10.5 Å². The second kappa shape index (κ2) is 13.2. The van der Waals surface area contributed by atoms with E-state index in [4.69, 9.17) is 0 Å². The van der Waals surface area contributed by atoms with Gasteiger partial charge in [0.2, 0.25) is 0 Å². The Hall–Kier alpha value is -4.96. The molecule has 3 nitrogen and oxygen atoms in total. The summed E-state index contributed by atoms with van der Waals surface area (Å²) in [7, 11) is 0. The van der Waals surface area contributed by atoms with Gasteiger partial charge in [0.05, 0.1) is 0 Å². The van der Waals surface area contributed by atoms with Crippen LogP contribution in [-0.4, -0.2) is 12.1 Å². The summed E-state index contributed by atoms with van der Waals surface area (Å²) >= 11 is 0. The molecule has 46 heavy (non-hydrogen) atoms. The van der Waals surface area contributed by atoms with E-state index in [0.717, 1.165) is 35.3 Å². The van der Waals surface area contributed by atoms with Gasteiger partial charge in [-0.25, -0.2) is 0 Å². The number of phenolic OH excluding ortho intramolecular Hbond substituents is 1. The second-order valence-corrected chi connectivity index (χ2v) is 12.5. The largest absolute Gasteiger partial charge is 0.508 e. The summed E-state index contributed by atoms with van der Waals surface area (Å²) in [5.74, 6) is 0.272. The van der Waals surface area contributed by atoms with Crippen LogP contribution in [0, 0.1) is 0 Å². The molecule has 0 aromatic heterocycles. The minimum atomic E-state index is -0.133. The van der Waals surface area contributed by atoms with Crippen molar-refractivity contribution in [3.8, 4) is 39.1 Å². The van der Waals surface area contributed by atoms with E-state index in [1.165, 1.54) is 75.3 Å². The number of aromatic hydroxyl groups is 1. The zero-order valence-electron chi connectivity index (χ0n) is 26.8. The summed E-state index contributed by atoms with van der Waals surface area (Å²) in [5, 5.41) is 20.3. The van der Waals surface area contributed by atoms with Crippen LogP contribution in [0.1, 0.15) is 50.7 Å². The molecular weight excluding hydrogens is 559 g/mol. The summed E-state index contributed by atoms with van der Waals surface area (Å²) in [4.78, 5) is 0. The molecule has 0 spiro atoms. The Bertz CT molecular complexity index is 1920. The third kappa shape index (κ3) is 5.88. The zero-order chi connectivity index (χ0) is 31.5. The third-order valence-corrected chi connectivity index (χ3v) is 9.35. The highest BCUT2D eigenvalue weighted by atomic mass is 16.3. The first-order valence-corrected chi connectivity index (χ1v) is 16.8. The number of benzene rings is 6. The molecule has 3 N–H and O–H groups in total. The summed E-state index contributed by atoms with van der Waals surface area (Å²) < 4.78 is 0. The van der Waals surface area contributed by atoms with Gasteiger partial charge in [0.25, 0.3) is 0 Å². The molecule has 6 aromatic rings. The standard InChI is InChI=1S/C42H41BN2O/c1-3-5-9-29-15-19-33(20-16-29)40-36(31-23-25-35(46)26-24-31)27-28-37(41(40)34-21-17-30(18-22-34)10-6-4-2)43-44-38-13-7-11-32-12-8-14-39(45-43)42(32)38/h7-8,11-28,44-46H,3-6,9-10H2,1-2H3. The minimum absolute atomic E-state index is 0.133. The van der Waals surface area contributed by atoms with Gasteiger partial charge in [0.1, 0.15) is 5.75 Å². The lowest BCUT2D eigenvalue weighted by molar-refractivity contribution is 0.475. The predicted molar refractivity (Wildman–Crippen MR) is 198 cm³/mol. The summed E-state index contributed by atoms with van der Waals surface area (Å²) in [6.07, 6.45) is 6.94. The highest BCUT2D eigenvalue weighted by molar-refractivity contribution is 6.81. The van der Waals surface area contributed by atoms with Gasteiger partial charge in [-0.1, -0.05) is 124 Å². The van der Waals surface area contributed by atoms with E-state index >= 15 is 0 Å². The summed E-state index contributed by atoms with van der Waals surface area (Å²) in [6.45, 7) is 4.36. The van der Waals surface area contributed by atoms with E-state index in [0.29, 0.717) is 0 Å². The molecule has 0 radical (unpaired) electrons. The lowest BCUT2D eigenvalue weighted by atomic mass is 9.61. The Kier molecular flexibility index (Phi) is 8.52. The first-order chi connectivity index (χ1) is 22.6. The lowest BCUT2D eigenvalue weighted by Gasteiger charge is -2.30. The van der Waals surface area contributed by atoms with Crippen LogP contribution >= 0.6 is 0 Å². The highest BCUT2D eigenvalue weighted by Crippen LogP contribution is 2.41. The molecule has 228 valence electrons. The van der Waals surface area contributed by atoms with Crippen molar-refractivity contribution in [3.05, 3.63) is 132 Å². The van der Waals surface area contributed by atoms with Gasteiger partial charge in [-0.15, -0.1) is 0 Å². The minimum Gasteiger partial charge on any atom is -0.508 e. The van der Waals surface area contributed by atoms with E-state index in [9.17, 15) is 5.11 Å². The maximum Gasteiger partial charge on any atom is 0.406 e. The molecule has 0 amide bonds. The van der Waals surface area contributed by atoms with Gasteiger partial charge >= 0.3 is 6.98 Å². The SMILES string of the molecule is CCCCc1ccc(-c2c(B3Nc4cccc5cccc(c45)N3)ccc(-c3ccc(O)cc3)c2-c2ccc(CCCC)cc2)cc1. The van der Waals surface area contributed by atoms with E-state index in [-0.39, 0.29) is 12.7 Å². The van der Waals surface area contributed by atoms with Crippen LogP contribution in [0.2, 0.25) is 0 Å². The molecule has 1 aliphatic heterocycles. The number of nitrogens with one attached hydrogen (secondary N) is 2. The van der Waals surface area contributed by atoms with Crippen molar-refractivity contribution in [2.24, 2.45) is 0 Å². The average Bonchev–Trinajstić information content (AvgIpc) is 3.10. The third-order valence-electron chi connectivity index (χ3n) is 9.35. The van der Waals surface area contributed by atoms with Crippen LogP contribution in [0.3, 0.4) is 0 Å². The van der Waals surface area contributed by atoms with E-state index < -0.39 is 0 Å². The zero-order valence-corrected chi connectivity index (χ0v) is 26.8. The molecule has 7 rings (SSSR count). The normalized spacial score (nSPS) is 12.2. The fourth-order valence-electron chi connectivity index (χ4n) is 6.87. The molecule has 0 atom stereocenters. The summed E-state index contributed by atoms with van der Waals surface area (Å²) in [6, 6.07) is 43.5. The van der Waals surface area contributed by atoms with Crippen LogP contribution in [-0.2, 0) is 12.8 Å². The van der Waals surface area contributed by atoms with Crippen molar-refractivity contribution in [1.29, 1.82) is 0 Å². The molecule has 6 aromatic carbocycles. The fourth-order valence-corrected chi connectivity index (χ4v) is 6.87. The first-order valence-electron chi connectivity index (χ1n) is 16.8. The van der Waals surface area contributed by atoms with Gasteiger partial charge < -0.3 is 15.6 Å². The van der Waals surface area contributed by atoms with Gasteiger partial charge in [0.15, 0.2) is 0 Å². The number of rotatable bonds is 10. The van der Waals surface area contributed by atoms with E-state index in [1.54, 1.807) is 12.1 Å². The van der Waals surface area contributed by atoms with E-state index in [1.807, 2.05) is 12.1 Å². The molecule has 1 aliphatic rings. The number of hydrogen-bond acceptors (Lipinski definition) is 3. The lowest BCUT2D eigenvalue weighted by Crippen LogP contribution is -2.48. The van der Waals surface area contributed by atoms with Crippen LogP contribution in [0.5, 0.6) is 5.75 Å². The van der Waals surface area contributed by atoms with Crippen LogP contribution < -0.4 is 15.9 Å². The summed E-state index contributed by atoms with van der Waals surface area (Å²) in [5.41, 5.74) is 13.2.